The van der Waals surface area contributed by atoms with E-state index in [0.717, 1.165) is 11.1 Å². The smallest absolute Gasteiger partial charge is 0.242 e. The summed E-state index contributed by atoms with van der Waals surface area (Å²) in [5, 5.41) is 4.46. The summed E-state index contributed by atoms with van der Waals surface area (Å²) < 4.78 is 38.1. The molecule has 0 atom stereocenters. The van der Waals surface area contributed by atoms with E-state index in [-0.39, 0.29) is 17.3 Å². The van der Waals surface area contributed by atoms with E-state index in [2.05, 4.69) is 14.9 Å². The minimum Gasteiger partial charge on any atom is -0.496 e. The molecule has 3 rings (SSSR count). The standard InChI is InChI=1S/C18H18ClN3O4S/c1-11-9-16(12(2)8-15(11)25-3)27(23,24)20-10-17-21-18(22-26-17)13-4-6-14(19)7-5-13/h4-9,20H,10H2,1-3H3. The number of sulfonamides is 1. The zero-order valence-electron chi connectivity index (χ0n) is 15.0. The Bertz CT molecular complexity index is 1060. The molecule has 7 nitrogen and oxygen atoms in total. The molecular weight excluding hydrogens is 390 g/mol. The van der Waals surface area contributed by atoms with Gasteiger partial charge in [-0.1, -0.05) is 16.8 Å². The van der Waals surface area contributed by atoms with Gasteiger partial charge in [0.1, 0.15) is 5.75 Å². The van der Waals surface area contributed by atoms with Crippen molar-refractivity contribution in [3.05, 3.63) is 58.4 Å². The van der Waals surface area contributed by atoms with Crippen molar-refractivity contribution in [2.24, 2.45) is 0 Å². The summed E-state index contributed by atoms with van der Waals surface area (Å²) in [6.07, 6.45) is 0. The van der Waals surface area contributed by atoms with Crippen LogP contribution in [-0.2, 0) is 16.6 Å². The molecular formula is C18H18ClN3O4S. The van der Waals surface area contributed by atoms with Gasteiger partial charge in [0.05, 0.1) is 18.6 Å². The van der Waals surface area contributed by atoms with Crippen LogP contribution >= 0.6 is 11.6 Å². The van der Waals surface area contributed by atoms with Crippen LogP contribution in [0.15, 0.2) is 45.8 Å². The maximum absolute atomic E-state index is 12.6. The molecule has 2 aromatic carbocycles. The largest absolute Gasteiger partial charge is 0.496 e. The molecule has 0 spiro atoms. The van der Waals surface area contributed by atoms with Gasteiger partial charge in [0, 0.05) is 10.6 Å². The van der Waals surface area contributed by atoms with Crippen LogP contribution in [0.5, 0.6) is 5.75 Å². The first kappa shape index (κ1) is 19.3. The lowest BCUT2D eigenvalue weighted by molar-refractivity contribution is 0.376. The predicted octanol–water partition coefficient (Wildman–Crippen LogP) is 3.49. The average Bonchev–Trinajstić information content (AvgIpc) is 3.11. The molecule has 1 N–H and O–H groups in total. The molecule has 27 heavy (non-hydrogen) atoms. The number of nitrogens with one attached hydrogen (secondary N) is 1. The van der Waals surface area contributed by atoms with Gasteiger partial charge in [0.25, 0.3) is 0 Å². The second-order valence-corrected chi connectivity index (χ2v) is 8.10. The van der Waals surface area contributed by atoms with Crippen LogP contribution in [0.1, 0.15) is 17.0 Å². The molecule has 0 bridgehead atoms. The summed E-state index contributed by atoms with van der Waals surface area (Å²) in [5.74, 6) is 1.15. The number of benzene rings is 2. The van der Waals surface area contributed by atoms with Crippen LogP contribution in [0.25, 0.3) is 11.4 Å². The first-order valence-electron chi connectivity index (χ1n) is 8.03. The molecule has 3 aromatic rings. The van der Waals surface area contributed by atoms with E-state index in [1.165, 1.54) is 0 Å². The first-order chi connectivity index (χ1) is 12.8. The number of ether oxygens (including phenoxy) is 1. The predicted molar refractivity (Wildman–Crippen MR) is 101 cm³/mol. The Morgan fingerprint density at radius 2 is 1.85 bits per heavy atom. The van der Waals surface area contributed by atoms with Crippen molar-refractivity contribution in [1.82, 2.24) is 14.9 Å². The molecule has 0 radical (unpaired) electrons. The van der Waals surface area contributed by atoms with Crippen LogP contribution in [0, 0.1) is 13.8 Å². The number of aromatic nitrogens is 2. The van der Waals surface area contributed by atoms with Crippen LogP contribution in [0.3, 0.4) is 0 Å². The summed E-state index contributed by atoms with van der Waals surface area (Å²) in [6, 6.07) is 10.2. The second kappa shape index (κ2) is 7.67. The zero-order chi connectivity index (χ0) is 19.6. The van der Waals surface area contributed by atoms with E-state index in [4.69, 9.17) is 20.9 Å². The summed E-state index contributed by atoms with van der Waals surface area (Å²) in [6.45, 7) is 3.38. The van der Waals surface area contributed by atoms with Crippen molar-refractivity contribution in [3.8, 4) is 17.1 Å². The number of nitrogens with zero attached hydrogens (tertiary/aromatic N) is 2. The van der Waals surface area contributed by atoms with Gasteiger partial charge in [-0.05, 0) is 61.4 Å². The molecule has 0 saturated heterocycles. The summed E-state index contributed by atoms with van der Waals surface area (Å²) in [4.78, 5) is 4.39. The fourth-order valence-electron chi connectivity index (χ4n) is 2.55. The van der Waals surface area contributed by atoms with E-state index in [9.17, 15) is 8.42 Å². The van der Waals surface area contributed by atoms with Crippen molar-refractivity contribution in [2.45, 2.75) is 25.3 Å². The average molecular weight is 408 g/mol. The molecule has 0 fully saturated rings. The molecule has 1 heterocycles. The van der Waals surface area contributed by atoms with Crippen molar-refractivity contribution >= 4 is 21.6 Å². The Balaban J connectivity index is 1.76. The summed E-state index contributed by atoms with van der Waals surface area (Å²) in [5.41, 5.74) is 2.03. The maximum atomic E-state index is 12.6. The lowest BCUT2D eigenvalue weighted by Crippen LogP contribution is -2.24. The van der Waals surface area contributed by atoms with Gasteiger partial charge >= 0.3 is 0 Å². The number of hydrogen-bond acceptors (Lipinski definition) is 6. The van der Waals surface area contributed by atoms with Crippen molar-refractivity contribution in [3.63, 3.8) is 0 Å². The number of halogens is 1. The van der Waals surface area contributed by atoms with E-state index >= 15 is 0 Å². The lowest BCUT2D eigenvalue weighted by Gasteiger charge is -2.12. The topological polar surface area (TPSA) is 94.3 Å². The Morgan fingerprint density at radius 3 is 2.52 bits per heavy atom. The first-order valence-corrected chi connectivity index (χ1v) is 9.89. The molecule has 0 amide bonds. The molecule has 1 aromatic heterocycles. The van der Waals surface area contributed by atoms with Crippen LogP contribution < -0.4 is 9.46 Å². The van der Waals surface area contributed by atoms with E-state index in [0.29, 0.717) is 22.2 Å². The lowest BCUT2D eigenvalue weighted by atomic mass is 10.1. The van der Waals surface area contributed by atoms with E-state index < -0.39 is 10.0 Å². The zero-order valence-corrected chi connectivity index (χ0v) is 16.6. The highest BCUT2D eigenvalue weighted by Crippen LogP contribution is 2.25. The Morgan fingerprint density at radius 1 is 1.15 bits per heavy atom. The van der Waals surface area contributed by atoms with E-state index in [1.54, 1.807) is 57.4 Å². The monoisotopic (exact) mass is 407 g/mol. The van der Waals surface area contributed by atoms with Gasteiger partial charge < -0.3 is 9.26 Å². The van der Waals surface area contributed by atoms with Gasteiger partial charge in [-0.2, -0.15) is 4.98 Å². The minimum absolute atomic E-state index is 0.118. The highest BCUT2D eigenvalue weighted by atomic mass is 35.5. The molecule has 0 saturated carbocycles. The quantitative estimate of drug-likeness (QED) is 0.672. The molecule has 9 heteroatoms. The molecule has 0 aliphatic rings. The van der Waals surface area contributed by atoms with E-state index in [1.807, 2.05) is 0 Å². The molecule has 0 unspecified atom stereocenters. The Labute approximate surface area is 162 Å². The Hall–Kier alpha value is -2.42. The SMILES string of the molecule is COc1cc(C)c(S(=O)(=O)NCc2nc(-c3ccc(Cl)cc3)no2)cc1C. The van der Waals surface area contributed by atoms with Crippen LogP contribution in [0.2, 0.25) is 5.02 Å². The van der Waals surface area contributed by atoms with Crippen molar-refractivity contribution in [1.29, 1.82) is 0 Å². The maximum Gasteiger partial charge on any atom is 0.242 e. The van der Waals surface area contributed by atoms with Crippen LogP contribution in [0.4, 0.5) is 0 Å². The van der Waals surface area contributed by atoms with Crippen molar-refractivity contribution in [2.75, 3.05) is 7.11 Å². The normalized spacial score (nSPS) is 11.6. The minimum atomic E-state index is -3.75. The van der Waals surface area contributed by atoms with Gasteiger partial charge in [-0.3, -0.25) is 0 Å². The molecule has 142 valence electrons. The third kappa shape index (κ3) is 4.29. The van der Waals surface area contributed by atoms with Crippen LogP contribution in [-0.4, -0.2) is 25.7 Å². The van der Waals surface area contributed by atoms with Gasteiger partial charge in [-0.25, -0.2) is 13.1 Å². The molecule has 0 aliphatic carbocycles. The summed E-state index contributed by atoms with van der Waals surface area (Å²) >= 11 is 5.86. The number of methoxy groups -OCH3 is 1. The number of rotatable bonds is 6. The van der Waals surface area contributed by atoms with Gasteiger partial charge in [0.15, 0.2) is 0 Å². The fourth-order valence-corrected chi connectivity index (χ4v) is 3.96. The van der Waals surface area contributed by atoms with Gasteiger partial charge in [0.2, 0.25) is 21.7 Å². The molecule has 0 aliphatic heterocycles. The van der Waals surface area contributed by atoms with Gasteiger partial charge in [-0.15, -0.1) is 0 Å². The highest BCUT2D eigenvalue weighted by molar-refractivity contribution is 7.89. The number of hydrogen-bond donors (Lipinski definition) is 1. The summed E-state index contributed by atoms with van der Waals surface area (Å²) in [7, 11) is -2.20. The van der Waals surface area contributed by atoms with Crippen molar-refractivity contribution < 1.29 is 17.7 Å². The second-order valence-electron chi connectivity index (χ2n) is 5.93. The number of aryl methyl sites for hydroxylation is 2. The Kier molecular flexibility index (Phi) is 5.50. The third-order valence-corrected chi connectivity index (χ3v) is 5.76. The highest BCUT2D eigenvalue weighted by Gasteiger charge is 2.20. The third-order valence-electron chi connectivity index (χ3n) is 3.97. The fraction of sp³-hybridized carbons (Fsp3) is 0.222.